The van der Waals surface area contributed by atoms with E-state index in [-0.39, 0.29) is 18.4 Å². The average molecular weight is 350 g/mol. The van der Waals surface area contributed by atoms with Gasteiger partial charge in [0.1, 0.15) is 0 Å². The SMILES string of the molecule is CCCCNC1/C(=C\c2ccccc2)c2cccc3cccc1c23.Cl. The molecule has 1 N–H and O–H groups in total. The van der Waals surface area contributed by atoms with Crippen molar-refractivity contribution in [3.63, 3.8) is 0 Å². The Morgan fingerprint density at radius 1 is 0.920 bits per heavy atom. The smallest absolute Gasteiger partial charge is 0.0589 e. The molecular weight excluding hydrogens is 326 g/mol. The van der Waals surface area contributed by atoms with E-state index < -0.39 is 0 Å². The van der Waals surface area contributed by atoms with Gasteiger partial charge in [-0.2, -0.15) is 0 Å². The van der Waals surface area contributed by atoms with Crippen molar-refractivity contribution in [1.29, 1.82) is 0 Å². The van der Waals surface area contributed by atoms with Gasteiger partial charge in [0.25, 0.3) is 0 Å². The second-order valence-corrected chi connectivity index (χ2v) is 6.50. The van der Waals surface area contributed by atoms with Gasteiger partial charge in [-0.05, 0) is 52.1 Å². The molecule has 0 aliphatic heterocycles. The second kappa shape index (κ2) is 7.86. The average Bonchev–Trinajstić information content (AvgIpc) is 2.92. The van der Waals surface area contributed by atoms with Crippen molar-refractivity contribution in [2.45, 2.75) is 25.8 Å². The molecule has 0 radical (unpaired) electrons. The van der Waals surface area contributed by atoms with Crippen molar-refractivity contribution in [1.82, 2.24) is 5.32 Å². The second-order valence-electron chi connectivity index (χ2n) is 6.50. The third kappa shape index (κ3) is 3.35. The van der Waals surface area contributed by atoms with E-state index in [9.17, 15) is 0 Å². The van der Waals surface area contributed by atoms with Gasteiger partial charge in [0.15, 0.2) is 0 Å². The van der Waals surface area contributed by atoms with Crippen molar-refractivity contribution < 1.29 is 0 Å². The highest BCUT2D eigenvalue weighted by atomic mass is 35.5. The first-order valence-corrected chi connectivity index (χ1v) is 8.90. The topological polar surface area (TPSA) is 12.0 Å². The number of halogens is 1. The van der Waals surface area contributed by atoms with E-state index in [4.69, 9.17) is 0 Å². The summed E-state index contributed by atoms with van der Waals surface area (Å²) in [4.78, 5) is 0. The molecule has 0 fully saturated rings. The molecular formula is C23H24ClN. The van der Waals surface area contributed by atoms with E-state index in [0.29, 0.717) is 0 Å². The Balaban J connectivity index is 0.00000182. The third-order valence-corrected chi connectivity index (χ3v) is 4.87. The van der Waals surface area contributed by atoms with Crippen molar-refractivity contribution in [3.8, 4) is 0 Å². The van der Waals surface area contributed by atoms with Crippen LogP contribution in [0.1, 0.15) is 42.5 Å². The van der Waals surface area contributed by atoms with Gasteiger partial charge in [-0.25, -0.2) is 0 Å². The van der Waals surface area contributed by atoms with E-state index in [1.165, 1.54) is 45.9 Å². The Kier molecular flexibility index (Phi) is 5.57. The Morgan fingerprint density at radius 2 is 1.68 bits per heavy atom. The van der Waals surface area contributed by atoms with Crippen LogP contribution in [0.4, 0.5) is 0 Å². The van der Waals surface area contributed by atoms with Gasteiger partial charge < -0.3 is 5.32 Å². The molecule has 0 heterocycles. The van der Waals surface area contributed by atoms with Crippen molar-refractivity contribution in [2.24, 2.45) is 0 Å². The fourth-order valence-corrected chi connectivity index (χ4v) is 3.71. The van der Waals surface area contributed by atoms with Gasteiger partial charge in [0.05, 0.1) is 6.04 Å². The Bertz CT molecular complexity index is 878. The fraction of sp³-hybridized carbons (Fsp3) is 0.217. The molecule has 3 aromatic rings. The van der Waals surface area contributed by atoms with Crippen LogP contribution in [-0.2, 0) is 0 Å². The van der Waals surface area contributed by atoms with Crippen LogP contribution in [-0.4, -0.2) is 6.54 Å². The standard InChI is InChI=1S/C23H23N.ClH/c1-2-3-15-24-23-20-14-8-12-18-11-7-13-19(22(18)20)21(23)16-17-9-5-4-6-10-17;/h4-14,16,23-24H,2-3,15H2,1H3;1H/b21-16-;. The molecule has 0 saturated carbocycles. The van der Waals surface area contributed by atoms with Gasteiger partial charge in [-0.1, -0.05) is 80.1 Å². The minimum absolute atomic E-state index is 0. The Hall–Kier alpha value is -2.09. The zero-order valence-electron chi connectivity index (χ0n) is 14.5. The van der Waals surface area contributed by atoms with Crippen LogP contribution in [0.5, 0.6) is 0 Å². The molecule has 0 bridgehead atoms. The van der Waals surface area contributed by atoms with Gasteiger partial charge in [-0.3, -0.25) is 0 Å². The molecule has 2 heteroatoms. The van der Waals surface area contributed by atoms with Crippen LogP contribution in [0.15, 0.2) is 66.7 Å². The predicted molar refractivity (Wildman–Crippen MR) is 111 cm³/mol. The molecule has 0 saturated heterocycles. The molecule has 25 heavy (non-hydrogen) atoms. The number of unbranched alkanes of at least 4 members (excludes halogenated alkanes) is 1. The van der Waals surface area contributed by atoms with Crippen LogP contribution in [0, 0.1) is 0 Å². The lowest BCUT2D eigenvalue weighted by Crippen LogP contribution is -2.21. The first kappa shape index (κ1) is 17.7. The molecule has 128 valence electrons. The summed E-state index contributed by atoms with van der Waals surface area (Å²) < 4.78 is 0. The van der Waals surface area contributed by atoms with Crippen LogP contribution in [0.3, 0.4) is 0 Å². The highest BCUT2D eigenvalue weighted by Crippen LogP contribution is 2.45. The lowest BCUT2D eigenvalue weighted by Gasteiger charge is -2.17. The molecule has 0 amide bonds. The van der Waals surface area contributed by atoms with Crippen LogP contribution in [0.2, 0.25) is 0 Å². The normalized spacial score (nSPS) is 17.0. The quantitative estimate of drug-likeness (QED) is 0.537. The number of nitrogens with one attached hydrogen (secondary N) is 1. The molecule has 0 aromatic heterocycles. The van der Waals surface area contributed by atoms with Crippen molar-refractivity contribution >= 4 is 34.8 Å². The molecule has 1 nitrogen and oxygen atoms in total. The molecule has 3 aromatic carbocycles. The summed E-state index contributed by atoms with van der Waals surface area (Å²) in [5, 5.41) is 6.54. The van der Waals surface area contributed by atoms with E-state index in [1.54, 1.807) is 0 Å². The fourth-order valence-electron chi connectivity index (χ4n) is 3.71. The van der Waals surface area contributed by atoms with Crippen molar-refractivity contribution in [2.75, 3.05) is 6.54 Å². The third-order valence-electron chi connectivity index (χ3n) is 4.87. The van der Waals surface area contributed by atoms with Crippen LogP contribution < -0.4 is 5.32 Å². The molecule has 4 rings (SSSR count). The lowest BCUT2D eigenvalue weighted by atomic mass is 10.0. The zero-order chi connectivity index (χ0) is 16.4. The maximum Gasteiger partial charge on any atom is 0.0589 e. The number of hydrogen-bond donors (Lipinski definition) is 1. The summed E-state index contributed by atoms with van der Waals surface area (Å²) in [6.45, 7) is 3.30. The first-order chi connectivity index (χ1) is 11.9. The van der Waals surface area contributed by atoms with Crippen molar-refractivity contribution in [3.05, 3.63) is 83.4 Å². The van der Waals surface area contributed by atoms with E-state index in [2.05, 4.69) is 85.0 Å². The van der Waals surface area contributed by atoms with E-state index in [1.807, 2.05) is 0 Å². The largest absolute Gasteiger partial charge is 0.306 e. The highest BCUT2D eigenvalue weighted by molar-refractivity contribution is 6.06. The Labute approximate surface area is 156 Å². The molecule has 1 atom stereocenters. The maximum atomic E-state index is 3.79. The van der Waals surface area contributed by atoms with Gasteiger partial charge in [0.2, 0.25) is 0 Å². The lowest BCUT2D eigenvalue weighted by molar-refractivity contribution is 0.607. The number of rotatable bonds is 5. The summed E-state index contributed by atoms with van der Waals surface area (Å²) in [5.74, 6) is 0. The predicted octanol–water partition coefficient (Wildman–Crippen LogP) is 6.25. The van der Waals surface area contributed by atoms with Gasteiger partial charge in [-0.15, -0.1) is 12.4 Å². The minimum atomic E-state index is 0. The zero-order valence-corrected chi connectivity index (χ0v) is 15.4. The van der Waals surface area contributed by atoms with Gasteiger partial charge >= 0.3 is 0 Å². The highest BCUT2D eigenvalue weighted by Gasteiger charge is 2.28. The van der Waals surface area contributed by atoms with Crippen LogP contribution >= 0.6 is 12.4 Å². The molecule has 1 aliphatic carbocycles. The summed E-state index contributed by atoms with van der Waals surface area (Å²) in [5.41, 5.74) is 5.45. The summed E-state index contributed by atoms with van der Waals surface area (Å²) in [6, 6.07) is 24.3. The summed E-state index contributed by atoms with van der Waals surface area (Å²) >= 11 is 0. The molecule has 1 unspecified atom stereocenters. The van der Waals surface area contributed by atoms with E-state index >= 15 is 0 Å². The number of hydrogen-bond acceptors (Lipinski definition) is 1. The molecule has 0 spiro atoms. The minimum Gasteiger partial charge on any atom is -0.306 e. The monoisotopic (exact) mass is 349 g/mol. The van der Waals surface area contributed by atoms with E-state index in [0.717, 1.165) is 6.54 Å². The first-order valence-electron chi connectivity index (χ1n) is 8.90. The van der Waals surface area contributed by atoms with Gasteiger partial charge in [0, 0.05) is 0 Å². The summed E-state index contributed by atoms with van der Waals surface area (Å²) in [7, 11) is 0. The Morgan fingerprint density at radius 3 is 2.44 bits per heavy atom. The van der Waals surface area contributed by atoms with Crippen LogP contribution in [0.25, 0.3) is 22.4 Å². The summed E-state index contributed by atoms with van der Waals surface area (Å²) in [6.07, 6.45) is 4.77. The maximum absolute atomic E-state index is 3.79. The molecule has 1 aliphatic rings. The number of benzene rings is 3.